The third kappa shape index (κ3) is 2.15. The lowest BCUT2D eigenvalue weighted by Gasteiger charge is -2.27. The van der Waals surface area contributed by atoms with Gasteiger partial charge in [-0.2, -0.15) is 0 Å². The van der Waals surface area contributed by atoms with Crippen LogP contribution in [0.5, 0.6) is 0 Å². The molecule has 0 saturated carbocycles. The normalized spacial score (nSPS) is 18.6. The van der Waals surface area contributed by atoms with Crippen molar-refractivity contribution in [2.45, 2.75) is 6.92 Å². The highest BCUT2D eigenvalue weighted by atomic mass is 16.2. The fraction of sp³-hybridized carbons (Fsp3) is 0.154. The molecule has 1 aliphatic heterocycles. The molecule has 0 bridgehead atoms. The SMILES string of the molecule is CC1(C=Cc2ccccc2)C(=O)NC(=O)NC1=O. The van der Waals surface area contributed by atoms with Crippen LogP contribution in [0.3, 0.4) is 0 Å². The van der Waals surface area contributed by atoms with Gasteiger partial charge in [-0.3, -0.25) is 20.2 Å². The number of hydrogen-bond acceptors (Lipinski definition) is 3. The summed E-state index contributed by atoms with van der Waals surface area (Å²) >= 11 is 0. The van der Waals surface area contributed by atoms with Gasteiger partial charge in [0.05, 0.1) is 0 Å². The molecule has 2 N–H and O–H groups in total. The molecule has 0 atom stereocenters. The highest BCUT2D eigenvalue weighted by Crippen LogP contribution is 2.22. The van der Waals surface area contributed by atoms with Crippen LogP contribution in [0.25, 0.3) is 6.08 Å². The summed E-state index contributed by atoms with van der Waals surface area (Å²) in [6.45, 7) is 1.46. The average Bonchev–Trinajstić information content (AvgIpc) is 2.35. The van der Waals surface area contributed by atoms with Gasteiger partial charge in [0.1, 0.15) is 5.41 Å². The Morgan fingerprint density at radius 3 is 2.11 bits per heavy atom. The van der Waals surface area contributed by atoms with Gasteiger partial charge in [0.15, 0.2) is 0 Å². The molecule has 1 heterocycles. The molecule has 1 fully saturated rings. The molecular weight excluding hydrogens is 232 g/mol. The van der Waals surface area contributed by atoms with Gasteiger partial charge >= 0.3 is 6.03 Å². The smallest absolute Gasteiger partial charge is 0.277 e. The van der Waals surface area contributed by atoms with Crippen molar-refractivity contribution >= 4 is 23.9 Å². The van der Waals surface area contributed by atoms with Crippen molar-refractivity contribution in [2.24, 2.45) is 5.41 Å². The first-order valence-corrected chi connectivity index (χ1v) is 5.43. The molecular formula is C13H12N2O3. The number of nitrogens with one attached hydrogen (secondary N) is 2. The molecule has 1 aromatic carbocycles. The van der Waals surface area contributed by atoms with E-state index in [1.165, 1.54) is 13.0 Å². The number of hydrogen-bond donors (Lipinski definition) is 2. The Balaban J connectivity index is 2.26. The number of barbiturate groups is 1. The molecule has 4 amide bonds. The maximum atomic E-state index is 11.7. The second kappa shape index (κ2) is 4.44. The number of imide groups is 2. The highest BCUT2D eigenvalue weighted by molar-refractivity contribution is 6.20. The minimum atomic E-state index is -1.37. The quantitative estimate of drug-likeness (QED) is 0.764. The molecule has 1 saturated heterocycles. The number of benzene rings is 1. The molecule has 18 heavy (non-hydrogen) atoms. The first-order valence-electron chi connectivity index (χ1n) is 5.43. The summed E-state index contributed by atoms with van der Waals surface area (Å²) in [6.07, 6.45) is 3.16. The Bertz CT molecular complexity index is 514. The molecule has 0 unspecified atom stereocenters. The fourth-order valence-electron chi connectivity index (χ4n) is 1.58. The second-order valence-electron chi connectivity index (χ2n) is 4.18. The summed E-state index contributed by atoms with van der Waals surface area (Å²) in [5, 5.41) is 4.15. The highest BCUT2D eigenvalue weighted by Gasteiger charge is 2.44. The average molecular weight is 244 g/mol. The third-order valence-electron chi connectivity index (χ3n) is 2.81. The van der Waals surface area contributed by atoms with Gasteiger partial charge in [0.2, 0.25) is 11.8 Å². The zero-order valence-corrected chi connectivity index (χ0v) is 9.77. The van der Waals surface area contributed by atoms with E-state index in [9.17, 15) is 14.4 Å². The first-order chi connectivity index (χ1) is 8.52. The van der Waals surface area contributed by atoms with Crippen molar-refractivity contribution in [2.75, 3.05) is 0 Å². The van der Waals surface area contributed by atoms with Crippen LogP contribution in [0.4, 0.5) is 4.79 Å². The van der Waals surface area contributed by atoms with E-state index in [-0.39, 0.29) is 0 Å². The molecule has 0 aliphatic carbocycles. The summed E-state index contributed by atoms with van der Waals surface area (Å²) in [7, 11) is 0. The molecule has 1 aliphatic rings. The first kappa shape index (κ1) is 12.0. The van der Waals surface area contributed by atoms with Crippen LogP contribution in [0.15, 0.2) is 36.4 Å². The zero-order chi connectivity index (χ0) is 13.2. The lowest BCUT2D eigenvalue weighted by molar-refractivity contribution is -0.139. The molecule has 0 aromatic heterocycles. The predicted molar refractivity (Wildman–Crippen MR) is 65.3 cm³/mol. The summed E-state index contributed by atoms with van der Waals surface area (Å²) < 4.78 is 0. The molecule has 2 rings (SSSR count). The van der Waals surface area contributed by atoms with E-state index < -0.39 is 23.3 Å². The third-order valence-corrected chi connectivity index (χ3v) is 2.81. The van der Waals surface area contributed by atoms with Gasteiger partial charge < -0.3 is 0 Å². The molecule has 92 valence electrons. The van der Waals surface area contributed by atoms with Crippen molar-refractivity contribution < 1.29 is 14.4 Å². The van der Waals surface area contributed by atoms with Gasteiger partial charge in [0.25, 0.3) is 0 Å². The second-order valence-corrected chi connectivity index (χ2v) is 4.18. The van der Waals surface area contributed by atoms with Crippen LogP contribution in [0.2, 0.25) is 0 Å². The Hall–Kier alpha value is -2.43. The van der Waals surface area contributed by atoms with Crippen molar-refractivity contribution in [3.05, 3.63) is 42.0 Å². The Labute approximate surface area is 104 Å². The molecule has 5 nitrogen and oxygen atoms in total. The minimum absolute atomic E-state index is 0.622. The standard InChI is InChI=1S/C13H12N2O3/c1-13(8-7-9-5-3-2-4-6-9)10(16)14-12(18)15-11(13)17/h2-8H,1H3,(H2,14,15,16,17,18). The van der Waals surface area contributed by atoms with E-state index >= 15 is 0 Å². The molecule has 0 spiro atoms. The van der Waals surface area contributed by atoms with Crippen molar-refractivity contribution in [1.82, 2.24) is 10.6 Å². The van der Waals surface area contributed by atoms with Crippen molar-refractivity contribution in [3.8, 4) is 0 Å². The van der Waals surface area contributed by atoms with Gasteiger partial charge in [0, 0.05) is 0 Å². The van der Waals surface area contributed by atoms with Gasteiger partial charge in [-0.1, -0.05) is 42.5 Å². The van der Waals surface area contributed by atoms with E-state index in [1.54, 1.807) is 6.08 Å². The largest absolute Gasteiger partial charge is 0.328 e. The molecule has 1 aromatic rings. The van der Waals surface area contributed by atoms with Crippen LogP contribution in [0.1, 0.15) is 12.5 Å². The number of rotatable bonds is 2. The van der Waals surface area contributed by atoms with Crippen LogP contribution in [0, 0.1) is 5.41 Å². The van der Waals surface area contributed by atoms with E-state index in [2.05, 4.69) is 10.6 Å². The van der Waals surface area contributed by atoms with Crippen LogP contribution in [-0.4, -0.2) is 17.8 Å². The number of carbonyl (C=O) groups is 3. The summed E-state index contributed by atoms with van der Waals surface area (Å²) in [5.41, 5.74) is -0.500. The van der Waals surface area contributed by atoms with E-state index in [4.69, 9.17) is 0 Å². The molecule has 0 radical (unpaired) electrons. The summed E-state index contributed by atoms with van der Waals surface area (Å²) in [4.78, 5) is 34.4. The van der Waals surface area contributed by atoms with Crippen LogP contribution in [-0.2, 0) is 9.59 Å². The minimum Gasteiger partial charge on any atom is -0.277 e. The Kier molecular flexibility index (Phi) is 2.97. The lowest BCUT2D eigenvalue weighted by Crippen LogP contribution is -2.60. The van der Waals surface area contributed by atoms with E-state index in [0.717, 1.165) is 5.56 Å². The van der Waals surface area contributed by atoms with Gasteiger partial charge in [-0.05, 0) is 12.5 Å². The van der Waals surface area contributed by atoms with Crippen LogP contribution >= 0.6 is 0 Å². The van der Waals surface area contributed by atoms with Gasteiger partial charge in [-0.15, -0.1) is 0 Å². The zero-order valence-electron chi connectivity index (χ0n) is 9.77. The maximum absolute atomic E-state index is 11.7. The fourth-order valence-corrected chi connectivity index (χ4v) is 1.58. The summed E-state index contributed by atoms with van der Waals surface area (Å²) in [5.74, 6) is -1.24. The van der Waals surface area contributed by atoms with Gasteiger partial charge in [-0.25, -0.2) is 4.79 Å². The lowest BCUT2D eigenvalue weighted by atomic mass is 9.86. The van der Waals surface area contributed by atoms with Crippen LogP contribution < -0.4 is 10.6 Å². The Morgan fingerprint density at radius 1 is 1.00 bits per heavy atom. The predicted octanol–water partition coefficient (Wildman–Crippen LogP) is 1.07. The topological polar surface area (TPSA) is 75.3 Å². The van der Waals surface area contributed by atoms with Crippen molar-refractivity contribution in [3.63, 3.8) is 0 Å². The maximum Gasteiger partial charge on any atom is 0.328 e. The number of urea groups is 1. The number of amides is 4. The Morgan fingerprint density at radius 2 is 1.56 bits per heavy atom. The van der Waals surface area contributed by atoms with E-state index in [0.29, 0.717) is 0 Å². The summed E-state index contributed by atoms with van der Waals surface area (Å²) in [6, 6.07) is 8.50. The molecule has 5 heteroatoms. The van der Waals surface area contributed by atoms with E-state index in [1.807, 2.05) is 30.3 Å². The van der Waals surface area contributed by atoms with Crippen molar-refractivity contribution in [1.29, 1.82) is 0 Å². The number of carbonyl (C=O) groups excluding carboxylic acids is 3. The monoisotopic (exact) mass is 244 g/mol.